The molecule has 0 aromatic heterocycles. The lowest BCUT2D eigenvalue weighted by Gasteiger charge is -2.40. The number of hydrogen-bond acceptors (Lipinski definition) is 4. The zero-order valence-corrected chi connectivity index (χ0v) is 19.7. The smallest absolute Gasteiger partial charge is 0.218 e. The van der Waals surface area contributed by atoms with Crippen LogP contribution in [0, 0.1) is 0 Å². The van der Waals surface area contributed by atoms with Crippen molar-refractivity contribution in [2.24, 2.45) is 0 Å². The fourth-order valence-electron chi connectivity index (χ4n) is 4.39. The van der Waals surface area contributed by atoms with Gasteiger partial charge in [0.2, 0.25) is 5.24 Å². The van der Waals surface area contributed by atoms with Crippen molar-refractivity contribution in [2.45, 2.75) is 22.3 Å². The maximum absolute atomic E-state index is 9.21. The van der Waals surface area contributed by atoms with Gasteiger partial charge in [0, 0.05) is 33.4 Å². The van der Waals surface area contributed by atoms with Crippen molar-refractivity contribution < 1.29 is 14.3 Å². The number of halogens is 1. The van der Waals surface area contributed by atoms with E-state index in [0.29, 0.717) is 0 Å². The van der Waals surface area contributed by atoms with Gasteiger partial charge < -0.3 is 9.47 Å². The molecule has 0 atom stereocenters. The average Bonchev–Trinajstić information content (AvgIpc) is 2.83. The molecule has 4 aromatic rings. The van der Waals surface area contributed by atoms with Gasteiger partial charge in [-0.15, -0.1) is 0 Å². The highest BCUT2D eigenvalue weighted by atomic mass is 35.5. The fraction of sp³-hybridized carbons (Fsp3) is 0.107. The van der Waals surface area contributed by atoms with E-state index in [1.807, 2.05) is 17.8 Å². The van der Waals surface area contributed by atoms with E-state index in [9.17, 15) is 4.79 Å². The largest absolute Gasteiger partial charge is 0.497 e. The third-order valence-corrected chi connectivity index (χ3v) is 6.93. The van der Waals surface area contributed by atoms with Crippen molar-refractivity contribution >= 4 is 45.5 Å². The summed E-state index contributed by atoms with van der Waals surface area (Å²) in [6, 6.07) is 27.4. The summed E-state index contributed by atoms with van der Waals surface area (Å²) in [5, 5.41) is 1.95. The van der Waals surface area contributed by atoms with Crippen molar-refractivity contribution in [3.63, 3.8) is 0 Å². The van der Waals surface area contributed by atoms with Crippen LogP contribution in [0.15, 0.2) is 94.7 Å². The first kappa shape index (κ1) is 21.6. The first-order valence-corrected chi connectivity index (χ1v) is 11.7. The van der Waals surface area contributed by atoms with Gasteiger partial charge in [-0.2, -0.15) is 0 Å². The quantitative estimate of drug-likeness (QED) is 0.270. The average molecular weight is 473 g/mol. The van der Waals surface area contributed by atoms with Crippen LogP contribution in [0.25, 0.3) is 16.8 Å². The van der Waals surface area contributed by atoms with Crippen molar-refractivity contribution in [3.8, 4) is 11.5 Å². The van der Waals surface area contributed by atoms with Crippen LogP contribution in [0.4, 0.5) is 0 Å². The molecule has 2 aliphatic rings. The molecule has 5 heteroatoms. The van der Waals surface area contributed by atoms with Gasteiger partial charge in [0.05, 0.1) is 7.11 Å². The van der Waals surface area contributed by atoms with Crippen LogP contribution in [0.1, 0.15) is 23.6 Å². The lowest BCUT2D eigenvalue weighted by atomic mass is 9.82. The summed E-state index contributed by atoms with van der Waals surface area (Å²) in [5.41, 5.74) is 2.90. The van der Waals surface area contributed by atoms with E-state index in [1.165, 1.54) is 33.2 Å². The highest BCUT2D eigenvalue weighted by molar-refractivity contribution is 7.99. The number of rotatable bonds is 1. The molecule has 2 aliphatic heterocycles. The van der Waals surface area contributed by atoms with Crippen molar-refractivity contribution in [3.05, 3.63) is 102 Å². The molecule has 0 saturated carbocycles. The molecule has 0 bridgehead atoms. The molecule has 0 amide bonds. The lowest BCUT2D eigenvalue weighted by molar-refractivity contribution is -0.109. The Morgan fingerprint density at radius 1 is 0.939 bits per heavy atom. The summed E-state index contributed by atoms with van der Waals surface area (Å²) in [7, 11) is 1.70. The first-order chi connectivity index (χ1) is 16.0. The van der Waals surface area contributed by atoms with Gasteiger partial charge in [-0.3, -0.25) is 4.79 Å². The number of carbonyl (C=O) groups excluding carboxylic acids is 1. The van der Waals surface area contributed by atoms with Crippen LogP contribution in [0.3, 0.4) is 0 Å². The summed E-state index contributed by atoms with van der Waals surface area (Å²) in [5.74, 6) is 1.77. The Kier molecular flexibility index (Phi) is 5.65. The number of ether oxygens (including phenoxy) is 2. The maximum Gasteiger partial charge on any atom is 0.218 e. The second-order valence-corrected chi connectivity index (χ2v) is 9.42. The molecular formula is C28H21ClO3S. The minimum atomic E-state index is -0.606. The van der Waals surface area contributed by atoms with E-state index >= 15 is 0 Å². The van der Waals surface area contributed by atoms with Gasteiger partial charge in [-0.05, 0) is 70.9 Å². The topological polar surface area (TPSA) is 35.5 Å². The monoisotopic (exact) mass is 472 g/mol. The second kappa shape index (κ2) is 8.62. The van der Waals surface area contributed by atoms with E-state index in [1.54, 1.807) is 7.11 Å². The van der Waals surface area contributed by atoms with E-state index < -0.39 is 5.60 Å². The van der Waals surface area contributed by atoms with E-state index in [4.69, 9.17) is 9.47 Å². The summed E-state index contributed by atoms with van der Waals surface area (Å²) >= 11 is 6.45. The molecule has 0 unspecified atom stereocenters. The van der Waals surface area contributed by atoms with E-state index in [2.05, 4.69) is 96.5 Å². The molecule has 0 N–H and O–H groups in total. The van der Waals surface area contributed by atoms with Gasteiger partial charge in [0.25, 0.3) is 0 Å². The highest BCUT2D eigenvalue weighted by Crippen LogP contribution is 2.53. The SMILES string of the molecule is CC(=O)Cl.COc1ccc2c3c(ccc2c1)OC1(C=C3)c2ccccc2Sc2ccccc21. The van der Waals surface area contributed by atoms with Gasteiger partial charge in [-0.1, -0.05) is 54.2 Å². The third kappa shape index (κ3) is 3.79. The normalized spacial score (nSPS) is 14.3. The zero-order valence-electron chi connectivity index (χ0n) is 18.2. The number of fused-ring (bicyclic) bond motifs is 7. The van der Waals surface area contributed by atoms with Crippen molar-refractivity contribution in [2.75, 3.05) is 7.11 Å². The molecule has 164 valence electrons. The van der Waals surface area contributed by atoms with Crippen LogP contribution in [-0.2, 0) is 10.4 Å². The standard InChI is InChI=1S/C26H18O2S.C2H3ClO/c1-27-18-11-12-19-17(16-18)10-13-23-20(19)14-15-26(28-23)21-6-2-4-8-24(21)29-25-9-5-3-7-22(25)26;1-2(3)4/h2-16H,1H3;1H3. The molecule has 6 rings (SSSR count). The molecule has 0 aliphatic carbocycles. The molecule has 1 spiro atoms. The minimum Gasteiger partial charge on any atom is -0.497 e. The third-order valence-electron chi connectivity index (χ3n) is 5.78. The molecule has 2 heterocycles. The van der Waals surface area contributed by atoms with Gasteiger partial charge >= 0.3 is 0 Å². The van der Waals surface area contributed by atoms with Crippen molar-refractivity contribution in [1.82, 2.24) is 0 Å². The number of carbonyl (C=O) groups is 1. The molecule has 33 heavy (non-hydrogen) atoms. The van der Waals surface area contributed by atoms with E-state index in [-0.39, 0.29) is 5.24 Å². The van der Waals surface area contributed by atoms with Gasteiger partial charge in [-0.25, -0.2) is 0 Å². The molecule has 0 radical (unpaired) electrons. The maximum atomic E-state index is 9.21. The van der Waals surface area contributed by atoms with Gasteiger partial charge in [0.15, 0.2) is 5.60 Å². The predicted molar refractivity (Wildman–Crippen MR) is 134 cm³/mol. The number of methoxy groups -OCH3 is 1. The molecule has 0 saturated heterocycles. The minimum absolute atomic E-state index is 0.361. The van der Waals surface area contributed by atoms with Gasteiger partial charge in [0.1, 0.15) is 11.5 Å². The second-order valence-electron chi connectivity index (χ2n) is 7.80. The highest BCUT2D eigenvalue weighted by Gasteiger charge is 2.43. The summed E-state index contributed by atoms with van der Waals surface area (Å²) in [6.45, 7) is 1.29. The summed E-state index contributed by atoms with van der Waals surface area (Å²) < 4.78 is 12.2. The molecule has 3 nitrogen and oxygen atoms in total. The molecule has 0 fully saturated rings. The first-order valence-electron chi connectivity index (χ1n) is 10.5. The molecular weight excluding hydrogens is 452 g/mol. The van der Waals surface area contributed by atoms with Crippen LogP contribution >= 0.6 is 23.4 Å². The summed E-state index contributed by atoms with van der Waals surface area (Å²) in [6.07, 6.45) is 4.44. The Labute approximate surface area is 202 Å². The Hall–Kier alpha value is -3.21. The number of benzene rings is 4. The van der Waals surface area contributed by atoms with E-state index in [0.717, 1.165) is 22.4 Å². The Bertz CT molecular complexity index is 1360. The van der Waals surface area contributed by atoms with Crippen LogP contribution in [-0.4, -0.2) is 12.4 Å². The number of hydrogen-bond donors (Lipinski definition) is 0. The van der Waals surface area contributed by atoms with Crippen LogP contribution in [0.2, 0.25) is 0 Å². The zero-order chi connectivity index (χ0) is 23.0. The Morgan fingerprint density at radius 3 is 2.21 bits per heavy atom. The lowest BCUT2D eigenvalue weighted by Crippen LogP contribution is -2.36. The summed E-state index contributed by atoms with van der Waals surface area (Å²) in [4.78, 5) is 11.7. The fourth-order valence-corrected chi connectivity index (χ4v) is 5.58. The van der Waals surface area contributed by atoms with Crippen LogP contribution in [0.5, 0.6) is 11.5 Å². The van der Waals surface area contributed by atoms with Crippen LogP contribution < -0.4 is 9.47 Å². The van der Waals surface area contributed by atoms with Crippen molar-refractivity contribution in [1.29, 1.82) is 0 Å². The molecule has 4 aromatic carbocycles. The predicted octanol–water partition coefficient (Wildman–Crippen LogP) is 7.43. The Balaban J connectivity index is 0.000000531. The Morgan fingerprint density at radius 2 is 1.58 bits per heavy atom.